The summed E-state index contributed by atoms with van der Waals surface area (Å²) in [7, 11) is 0. The standard InChI is InChI=1S/C56H40N2O/c1-56(2,3)39-29-31-44-43-30-28-38(32-49(43)41-17-8-9-18-42(41)50(44)33-39)55-57-51(34-52(58-55)48-22-13-21-47-46-20-11-12-23-53(46)59-54(47)48)45-19-10-7-16-40(45)37-26-24-36(25-27-37)35-14-5-4-6-15-35/h4-34H,1-3H3. The molecule has 0 aliphatic rings. The normalized spacial score (nSPS) is 12.0. The Balaban J connectivity index is 1.13. The molecule has 0 atom stereocenters. The molecule has 2 heterocycles. The molecule has 11 aromatic rings. The highest BCUT2D eigenvalue weighted by molar-refractivity contribution is 6.26. The van der Waals surface area contributed by atoms with Gasteiger partial charge in [0.15, 0.2) is 5.82 Å². The minimum absolute atomic E-state index is 0.0467. The van der Waals surface area contributed by atoms with Crippen LogP contribution < -0.4 is 0 Å². The molecule has 280 valence electrons. The van der Waals surface area contributed by atoms with Crippen LogP contribution in [0.1, 0.15) is 26.3 Å². The number of aromatic nitrogens is 2. The summed E-state index contributed by atoms with van der Waals surface area (Å²) >= 11 is 0. The van der Waals surface area contributed by atoms with Gasteiger partial charge in [0.2, 0.25) is 0 Å². The van der Waals surface area contributed by atoms with Crippen molar-refractivity contribution in [3.63, 3.8) is 0 Å². The first-order valence-corrected chi connectivity index (χ1v) is 20.3. The maximum Gasteiger partial charge on any atom is 0.160 e. The lowest BCUT2D eigenvalue weighted by Gasteiger charge is -2.21. The second kappa shape index (κ2) is 13.6. The fourth-order valence-corrected chi connectivity index (χ4v) is 8.79. The quantitative estimate of drug-likeness (QED) is 0.164. The van der Waals surface area contributed by atoms with Crippen LogP contribution >= 0.6 is 0 Å². The van der Waals surface area contributed by atoms with Crippen LogP contribution in [0.25, 0.3) is 110 Å². The van der Waals surface area contributed by atoms with E-state index in [0.29, 0.717) is 5.82 Å². The predicted octanol–water partition coefficient (Wildman–Crippen LogP) is 15.5. The van der Waals surface area contributed by atoms with Crippen LogP contribution in [0, 0.1) is 0 Å². The Hall–Kier alpha value is -7.36. The average Bonchev–Trinajstić information content (AvgIpc) is 3.68. The zero-order valence-electron chi connectivity index (χ0n) is 33.2. The molecule has 0 N–H and O–H groups in total. The van der Waals surface area contributed by atoms with E-state index in [2.05, 4.69) is 197 Å². The monoisotopic (exact) mass is 756 g/mol. The number of furan rings is 1. The van der Waals surface area contributed by atoms with Crippen LogP contribution in [0.15, 0.2) is 192 Å². The zero-order valence-corrected chi connectivity index (χ0v) is 33.2. The Morgan fingerprint density at radius 3 is 1.63 bits per heavy atom. The number of hydrogen-bond donors (Lipinski definition) is 0. The van der Waals surface area contributed by atoms with Crippen molar-refractivity contribution in [2.75, 3.05) is 0 Å². The Morgan fingerprint density at radius 2 is 0.881 bits per heavy atom. The third-order valence-corrected chi connectivity index (χ3v) is 11.9. The van der Waals surface area contributed by atoms with Gasteiger partial charge >= 0.3 is 0 Å². The number of para-hydroxylation sites is 2. The van der Waals surface area contributed by atoms with Crippen molar-refractivity contribution in [2.24, 2.45) is 0 Å². The minimum atomic E-state index is 0.0467. The van der Waals surface area contributed by atoms with Gasteiger partial charge in [0, 0.05) is 27.5 Å². The molecular weight excluding hydrogens is 717 g/mol. The SMILES string of the molecule is CC(C)(C)c1ccc2c3ccc(-c4nc(-c5ccccc5-c5ccc(-c6ccccc6)cc5)cc(-c5cccc6c5oc5ccccc56)n4)cc3c3ccccc3c2c1. The number of hydrogen-bond acceptors (Lipinski definition) is 3. The molecule has 0 amide bonds. The highest BCUT2D eigenvalue weighted by atomic mass is 16.3. The van der Waals surface area contributed by atoms with Crippen molar-refractivity contribution >= 4 is 54.3 Å². The van der Waals surface area contributed by atoms with E-state index in [4.69, 9.17) is 14.4 Å². The van der Waals surface area contributed by atoms with Crippen molar-refractivity contribution in [3.05, 3.63) is 194 Å². The van der Waals surface area contributed by atoms with Crippen LogP contribution in [0.2, 0.25) is 0 Å². The molecule has 11 rings (SSSR count). The maximum atomic E-state index is 6.59. The molecule has 9 aromatic carbocycles. The summed E-state index contributed by atoms with van der Waals surface area (Å²) < 4.78 is 6.59. The Morgan fingerprint density at radius 1 is 0.356 bits per heavy atom. The van der Waals surface area contributed by atoms with Crippen molar-refractivity contribution in [1.82, 2.24) is 9.97 Å². The molecule has 0 unspecified atom stereocenters. The molecule has 0 saturated carbocycles. The summed E-state index contributed by atoms with van der Waals surface area (Å²) in [5.74, 6) is 0.661. The third kappa shape index (κ3) is 5.97. The van der Waals surface area contributed by atoms with Gasteiger partial charge < -0.3 is 4.42 Å². The van der Waals surface area contributed by atoms with Gasteiger partial charge in [0.05, 0.1) is 11.4 Å². The molecule has 59 heavy (non-hydrogen) atoms. The summed E-state index contributed by atoms with van der Waals surface area (Å²) in [4.78, 5) is 10.8. The van der Waals surface area contributed by atoms with Crippen LogP contribution in [-0.2, 0) is 5.41 Å². The molecule has 0 aliphatic carbocycles. The van der Waals surface area contributed by atoms with Crippen molar-refractivity contribution < 1.29 is 4.42 Å². The number of benzene rings is 9. The van der Waals surface area contributed by atoms with E-state index >= 15 is 0 Å². The minimum Gasteiger partial charge on any atom is -0.455 e. The number of fused-ring (bicyclic) bond motifs is 9. The van der Waals surface area contributed by atoms with Gasteiger partial charge in [-0.15, -0.1) is 0 Å². The van der Waals surface area contributed by atoms with Crippen LogP contribution in [0.3, 0.4) is 0 Å². The van der Waals surface area contributed by atoms with Crippen molar-refractivity contribution in [3.8, 4) is 56.2 Å². The van der Waals surface area contributed by atoms with Gasteiger partial charge in [-0.2, -0.15) is 0 Å². The zero-order chi connectivity index (χ0) is 39.7. The second-order valence-electron chi connectivity index (χ2n) is 16.5. The largest absolute Gasteiger partial charge is 0.455 e. The summed E-state index contributed by atoms with van der Waals surface area (Å²) in [6.45, 7) is 6.84. The lowest BCUT2D eigenvalue weighted by Crippen LogP contribution is -2.10. The summed E-state index contributed by atoms with van der Waals surface area (Å²) in [6, 6.07) is 67.1. The van der Waals surface area contributed by atoms with E-state index < -0.39 is 0 Å². The first-order chi connectivity index (χ1) is 28.9. The summed E-state index contributed by atoms with van der Waals surface area (Å²) in [5, 5.41) is 9.55. The fourth-order valence-electron chi connectivity index (χ4n) is 8.79. The van der Waals surface area contributed by atoms with Gasteiger partial charge in [0.25, 0.3) is 0 Å². The number of rotatable bonds is 5. The van der Waals surface area contributed by atoms with E-state index in [1.165, 1.54) is 49.0 Å². The average molecular weight is 757 g/mol. The third-order valence-electron chi connectivity index (χ3n) is 11.9. The summed E-state index contributed by atoms with van der Waals surface area (Å²) in [6.07, 6.45) is 0. The summed E-state index contributed by atoms with van der Waals surface area (Å²) in [5.41, 5.74) is 12.2. The molecule has 0 bridgehead atoms. The van der Waals surface area contributed by atoms with Gasteiger partial charge in [-0.05, 0) is 95.9 Å². The highest BCUT2D eigenvalue weighted by Crippen LogP contribution is 2.42. The van der Waals surface area contributed by atoms with Crippen molar-refractivity contribution in [2.45, 2.75) is 26.2 Å². The van der Waals surface area contributed by atoms with E-state index in [1.807, 2.05) is 12.1 Å². The van der Waals surface area contributed by atoms with Crippen LogP contribution in [-0.4, -0.2) is 9.97 Å². The van der Waals surface area contributed by atoms with Crippen LogP contribution in [0.4, 0.5) is 0 Å². The van der Waals surface area contributed by atoms with E-state index in [0.717, 1.165) is 61.1 Å². The molecule has 0 fully saturated rings. The Labute approximate surface area is 343 Å². The van der Waals surface area contributed by atoms with Gasteiger partial charge in [-0.3, -0.25) is 0 Å². The molecule has 0 radical (unpaired) electrons. The lowest BCUT2D eigenvalue weighted by atomic mass is 9.84. The predicted molar refractivity (Wildman–Crippen MR) is 248 cm³/mol. The van der Waals surface area contributed by atoms with Crippen LogP contribution in [0.5, 0.6) is 0 Å². The Kier molecular flexibility index (Phi) is 8.06. The fraction of sp³-hybridized carbons (Fsp3) is 0.0714. The van der Waals surface area contributed by atoms with E-state index in [9.17, 15) is 0 Å². The van der Waals surface area contributed by atoms with Gasteiger partial charge in [-0.1, -0.05) is 178 Å². The highest BCUT2D eigenvalue weighted by Gasteiger charge is 2.20. The molecule has 2 aromatic heterocycles. The van der Waals surface area contributed by atoms with Gasteiger partial charge in [-0.25, -0.2) is 9.97 Å². The van der Waals surface area contributed by atoms with E-state index in [1.54, 1.807) is 0 Å². The number of nitrogens with zero attached hydrogens (tertiary/aromatic N) is 2. The molecule has 0 spiro atoms. The maximum absolute atomic E-state index is 6.59. The van der Waals surface area contributed by atoms with Gasteiger partial charge in [0.1, 0.15) is 11.2 Å². The molecule has 0 saturated heterocycles. The molecule has 3 nitrogen and oxygen atoms in total. The molecule has 0 aliphatic heterocycles. The first-order valence-electron chi connectivity index (χ1n) is 20.3. The first kappa shape index (κ1) is 34.9. The van der Waals surface area contributed by atoms with E-state index in [-0.39, 0.29) is 5.41 Å². The Bertz CT molecular complexity index is 3390. The smallest absolute Gasteiger partial charge is 0.160 e. The molecule has 3 heteroatoms. The van der Waals surface area contributed by atoms with Crippen molar-refractivity contribution in [1.29, 1.82) is 0 Å². The topological polar surface area (TPSA) is 38.9 Å². The second-order valence-corrected chi connectivity index (χ2v) is 16.5. The lowest BCUT2D eigenvalue weighted by molar-refractivity contribution is 0.591. The molecular formula is C56H40N2O.